The van der Waals surface area contributed by atoms with Crippen LogP contribution in [0.2, 0.25) is 5.02 Å². The lowest BCUT2D eigenvalue weighted by Crippen LogP contribution is -2.42. The minimum Gasteiger partial charge on any atom is -0.443 e. The number of hydrogen-bond acceptors (Lipinski definition) is 4. The summed E-state index contributed by atoms with van der Waals surface area (Å²) in [5.41, 5.74) is 0.831. The number of benzene rings is 2. The Balaban J connectivity index is 1.94. The number of anilines is 1. The van der Waals surface area contributed by atoms with Crippen LogP contribution in [0, 0.1) is 0 Å². The lowest BCUT2D eigenvalue weighted by atomic mass is 10.1. The Hall–Kier alpha value is -1.69. The summed E-state index contributed by atoms with van der Waals surface area (Å²) in [6.07, 6.45) is -1.34. The van der Waals surface area contributed by atoms with Crippen molar-refractivity contribution in [3.8, 4) is 0 Å². The van der Waals surface area contributed by atoms with Crippen molar-refractivity contribution in [1.82, 2.24) is 0 Å². The third-order valence-electron chi connectivity index (χ3n) is 3.70. The molecule has 2 atom stereocenters. The number of aliphatic hydroxyl groups excluding tert-OH is 1. The third kappa shape index (κ3) is 3.94. The topological polar surface area (TPSA) is 49.8 Å². The summed E-state index contributed by atoms with van der Waals surface area (Å²) in [6.45, 7) is 5.47. The van der Waals surface area contributed by atoms with Crippen molar-refractivity contribution >= 4 is 35.1 Å². The van der Waals surface area contributed by atoms with Gasteiger partial charge in [-0.1, -0.05) is 47.6 Å². The molecule has 2 aromatic carbocycles. The van der Waals surface area contributed by atoms with Crippen LogP contribution >= 0.6 is 23.4 Å². The van der Waals surface area contributed by atoms with E-state index in [0.717, 1.165) is 10.6 Å². The van der Waals surface area contributed by atoms with E-state index in [9.17, 15) is 9.90 Å². The Morgan fingerprint density at radius 1 is 1.20 bits per heavy atom. The van der Waals surface area contributed by atoms with Crippen LogP contribution in [0.15, 0.2) is 53.4 Å². The molecule has 132 valence electrons. The van der Waals surface area contributed by atoms with Crippen LogP contribution in [0.5, 0.6) is 0 Å². The van der Waals surface area contributed by atoms with Gasteiger partial charge >= 0.3 is 6.09 Å². The zero-order valence-corrected chi connectivity index (χ0v) is 15.8. The van der Waals surface area contributed by atoms with E-state index in [0.29, 0.717) is 10.6 Å². The van der Waals surface area contributed by atoms with Crippen molar-refractivity contribution < 1.29 is 14.6 Å². The first-order chi connectivity index (χ1) is 11.8. The smallest absolute Gasteiger partial charge is 0.415 e. The molecular formula is C19H20ClNO3S. The molecule has 0 spiro atoms. The normalized spacial score (nSPS) is 18.0. The summed E-state index contributed by atoms with van der Waals surface area (Å²) in [5.74, 6) is 0. The quantitative estimate of drug-likeness (QED) is 0.776. The average molecular weight is 378 g/mol. The molecular weight excluding hydrogens is 358 g/mol. The van der Waals surface area contributed by atoms with E-state index < -0.39 is 23.2 Å². The molecule has 0 aliphatic carbocycles. The number of carbonyl (C=O) groups excluding carboxylic acids is 1. The summed E-state index contributed by atoms with van der Waals surface area (Å²) in [4.78, 5) is 15.3. The van der Waals surface area contributed by atoms with E-state index in [4.69, 9.17) is 16.3 Å². The first-order valence-electron chi connectivity index (χ1n) is 7.98. The van der Waals surface area contributed by atoms with Gasteiger partial charge in [0.05, 0.1) is 5.69 Å². The number of halogens is 1. The molecule has 0 saturated heterocycles. The Labute approximate surface area is 156 Å². The van der Waals surface area contributed by atoms with E-state index in [1.54, 1.807) is 24.3 Å². The van der Waals surface area contributed by atoms with Gasteiger partial charge < -0.3 is 9.84 Å². The summed E-state index contributed by atoms with van der Waals surface area (Å²) in [6, 6.07) is 14.6. The first-order valence-corrected chi connectivity index (χ1v) is 9.23. The van der Waals surface area contributed by atoms with Gasteiger partial charge in [0, 0.05) is 9.92 Å². The molecule has 6 heteroatoms. The third-order valence-corrected chi connectivity index (χ3v) is 5.26. The summed E-state index contributed by atoms with van der Waals surface area (Å²) < 4.78 is 5.56. The van der Waals surface area contributed by atoms with Crippen molar-refractivity contribution in [2.45, 2.75) is 42.7 Å². The van der Waals surface area contributed by atoms with Crippen molar-refractivity contribution in [2.75, 3.05) is 4.90 Å². The molecule has 4 nitrogen and oxygen atoms in total. The standard InChI is InChI=1S/C19H20ClNO3S/c1-19(2,3)24-18(23)21-14-6-4-5-7-15(14)25-17(21)16(22)12-8-10-13(20)11-9-12/h4-11,16-17,22H,1-3H3/t16-,17+/m0/s1. The highest BCUT2D eigenvalue weighted by Crippen LogP contribution is 2.48. The van der Waals surface area contributed by atoms with Crippen molar-refractivity contribution in [3.05, 3.63) is 59.1 Å². The van der Waals surface area contributed by atoms with Crippen LogP contribution < -0.4 is 4.90 Å². The number of amides is 1. The summed E-state index contributed by atoms with van der Waals surface area (Å²) in [7, 11) is 0. The van der Waals surface area contributed by atoms with Gasteiger partial charge in [0.15, 0.2) is 0 Å². The summed E-state index contributed by atoms with van der Waals surface area (Å²) >= 11 is 7.38. The maximum atomic E-state index is 12.8. The van der Waals surface area contributed by atoms with Gasteiger partial charge in [0.2, 0.25) is 0 Å². The highest BCUT2D eigenvalue weighted by atomic mass is 35.5. The highest BCUT2D eigenvalue weighted by molar-refractivity contribution is 8.00. The van der Waals surface area contributed by atoms with Crippen LogP contribution in [-0.4, -0.2) is 22.2 Å². The molecule has 1 heterocycles. The van der Waals surface area contributed by atoms with E-state index in [-0.39, 0.29) is 0 Å². The number of para-hydroxylation sites is 1. The number of rotatable bonds is 2. The largest absolute Gasteiger partial charge is 0.443 e. The number of ether oxygens (including phenoxy) is 1. The Bertz CT molecular complexity index is 773. The van der Waals surface area contributed by atoms with Crippen molar-refractivity contribution in [2.24, 2.45) is 0 Å². The lowest BCUT2D eigenvalue weighted by molar-refractivity contribution is 0.0547. The zero-order valence-electron chi connectivity index (χ0n) is 14.3. The fraction of sp³-hybridized carbons (Fsp3) is 0.316. The second-order valence-electron chi connectivity index (χ2n) is 6.82. The molecule has 0 aromatic heterocycles. The Kier molecular flexibility index (Phi) is 5.00. The number of aliphatic hydroxyl groups is 1. The molecule has 0 bridgehead atoms. The number of carbonyl (C=O) groups is 1. The molecule has 0 unspecified atom stereocenters. The molecule has 3 rings (SSSR count). The first kappa shape index (κ1) is 18.1. The van der Waals surface area contributed by atoms with E-state index in [2.05, 4.69) is 0 Å². The molecule has 1 aliphatic rings. The number of nitrogens with zero attached hydrogens (tertiary/aromatic N) is 1. The van der Waals surface area contributed by atoms with Crippen LogP contribution in [0.3, 0.4) is 0 Å². The minimum absolute atomic E-state index is 0.469. The predicted molar refractivity (Wildman–Crippen MR) is 101 cm³/mol. The van der Waals surface area contributed by atoms with Crippen LogP contribution in [0.1, 0.15) is 32.4 Å². The fourth-order valence-electron chi connectivity index (χ4n) is 2.62. The predicted octanol–water partition coefficient (Wildman–Crippen LogP) is 5.25. The lowest BCUT2D eigenvalue weighted by Gasteiger charge is -2.30. The van der Waals surface area contributed by atoms with E-state index in [1.807, 2.05) is 45.0 Å². The molecule has 2 aromatic rings. The second kappa shape index (κ2) is 6.90. The maximum Gasteiger partial charge on any atom is 0.415 e. The molecule has 1 aliphatic heterocycles. The minimum atomic E-state index is -0.873. The fourth-order valence-corrected chi connectivity index (χ4v) is 4.04. The van der Waals surface area contributed by atoms with Crippen LogP contribution in [0.25, 0.3) is 0 Å². The monoisotopic (exact) mass is 377 g/mol. The maximum absolute atomic E-state index is 12.8. The van der Waals surface area contributed by atoms with Crippen molar-refractivity contribution in [3.63, 3.8) is 0 Å². The van der Waals surface area contributed by atoms with E-state index >= 15 is 0 Å². The number of hydrogen-bond donors (Lipinski definition) is 1. The van der Waals surface area contributed by atoms with Crippen LogP contribution in [0.4, 0.5) is 10.5 Å². The molecule has 0 radical (unpaired) electrons. The summed E-state index contributed by atoms with van der Waals surface area (Å²) in [5, 5.41) is 11.0. The van der Waals surface area contributed by atoms with Gasteiger partial charge in [-0.05, 0) is 50.6 Å². The van der Waals surface area contributed by atoms with Gasteiger partial charge in [0.25, 0.3) is 0 Å². The van der Waals surface area contributed by atoms with Gasteiger partial charge in [-0.3, -0.25) is 4.90 Å². The SMILES string of the molecule is CC(C)(C)OC(=O)N1c2ccccc2S[C@@H]1[C@@H](O)c1ccc(Cl)cc1. The average Bonchev–Trinajstić information content (AvgIpc) is 2.93. The van der Waals surface area contributed by atoms with Gasteiger partial charge in [-0.2, -0.15) is 0 Å². The van der Waals surface area contributed by atoms with Crippen LogP contribution in [-0.2, 0) is 4.74 Å². The van der Waals surface area contributed by atoms with Gasteiger partial charge in [-0.25, -0.2) is 4.79 Å². The number of fused-ring (bicyclic) bond motifs is 1. The zero-order chi connectivity index (χ0) is 18.2. The molecule has 1 N–H and O–H groups in total. The Morgan fingerprint density at radius 2 is 1.84 bits per heavy atom. The molecule has 0 fully saturated rings. The van der Waals surface area contributed by atoms with E-state index in [1.165, 1.54) is 16.7 Å². The second-order valence-corrected chi connectivity index (χ2v) is 8.42. The Morgan fingerprint density at radius 3 is 2.48 bits per heavy atom. The van der Waals surface area contributed by atoms with Crippen molar-refractivity contribution in [1.29, 1.82) is 0 Å². The molecule has 25 heavy (non-hydrogen) atoms. The highest BCUT2D eigenvalue weighted by Gasteiger charge is 2.41. The van der Waals surface area contributed by atoms with Gasteiger partial charge in [-0.15, -0.1) is 0 Å². The molecule has 1 amide bonds. The molecule has 0 saturated carbocycles. The van der Waals surface area contributed by atoms with Gasteiger partial charge in [0.1, 0.15) is 17.1 Å². The number of thioether (sulfide) groups is 1.